The van der Waals surface area contributed by atoms with Crippen molar-refractivity contribution >= 4 is 39.3 Å². The highest BCUT2D eigenvalue weighted by molar-refractivity contribution is 7.98. The van der Waals surface area contributed by atoms with Crippen LogP contribution >= 0.6 is 11.8 Å². The van der Waals surface area contributed by atoms with Gasteiger partial charge in [-0.05, 0) is 29.8 Å². The standard InChI is InChI=1S/C19H22N2O5S2/c1-14(22)20-16-8-10-17(11-9-16)28(24,25)21-18(19(23)26-2)13-27-12-15-6-4-3-5-7-15/h3-11,18,21H,12-13H2,1-2H3,(H,20,22). The van der Waals surface area contributed by atoms with Crippen LogP contribution in [0.3, 0.4) is 0 Å². The number of methoxy groups -OCH3 is 1. The van der Waals surface area contributed by atoms with Crippen LogP contribution in [0.15, 0.2) is 59.5 Å². The van der Waals surface area contributed by atoms with E-state index >= 15 is 0 Å². The maximum absolute atomic E-state index is 12.6. The van der Waals surface area contributed by atoms with Gasteiger partial charge in [-0.25, -0.2) is 8.42 Å². The average molecular weight is 423 g/mol. The van der Waals surface area contributed by atoms with Gasteiger partial charge in [-0.15, -0.1) is 0 Å². The van der Waals surface area contributed by atoms with Crippen LogP contribution in [-0.4, -0.2) is 39.2 Å². The minimum absolute atomic E-state index is 0.0106. The number of carbonyl (C=O) groups excluding carboxylic acids is 2. The van der Waals surface area contributed by atoms with E-state index in [0.717, 1.165) is 5.56 Å². The van der Waals surface area contributed by atoms with Crippen molar-refractivity contribution in [2.24, 2.45) is 0 Å². The van der Waals surface area contributed by atoms with Crippen molar-refractivity contribution in [3.05, 3.63) is 60.2 Å². The number of esters is 1. The summed E-state index contributed by atoms with van der Waals surface area (Å²) in [7, 11) is -2.72. The molecular weight excluding hydrogens is 400 g/mol. The molecule has 0 bridgehead atoms. The maximum atomic E-state index is 12.6. The number of anilines is 1. The number of benzene rings is 2. The summed E-state index contributed by atoms with van der Waals surface area (Å²) in [5.41, 5.74) is 1.56. The quantitative estimate of drug-likeness (QED) is 0.602. The molecule has 150 valence electrons. The van der Waals surface area contributed by atoms with Gasteiger partial charge in [0.25, 0.3) is 0 Å². The first kappa shape index (κ1) is 21.9. The summed E-state index contributed by atoms with van der Waals surface area (Å²) in [4.78, 5) is 23.1. The van der Waals surface area contributed by atoms with Crippen LogP contribution in [0.5, 0.6) is 0 Å². The molecule has 7 nitrogen and oxygen atoms in total. The minimum atomic E-state index is -3.93. The van der Waals surface area contributed by atoms with Crippen LogP contribution in [0.2, 0.25) is 0 Å². The van der Waals surface area contributed by atoms with E-state index in [2.05, 4.69) is 10.0 Å². The topological polar surface area (TPSA) is 102 Å². The van der Waals surface area contributed by atoms with Gasteiger partial charge < -0.3 is 10.1 Å². The molecule has 0 aliphatic heterocycles. The highest BCUT2D eigenvalue weighted by atomic mass is 32.2. The van der Waals surface area contributed by atoms with Crippen molar-refractivity contribution in [3.8, 4) is 0 Å². The van der Waals surface area contributed by atoms with E-state index in [1.807, 2.05) is 30.3 Å². The molecule has 0 fully saturated rings. The van der Waals surface area contributed by atoms with Gasteiger partial charge in [-0.1, -0.05) is 30.3 Å². The molecule has 2 aromatic carbocycles. The lowest BCUT2D eigenvalue weighted by molar-refractivity contribution is -0.142. The third kappa shape index (κ3) is 6.66. The Bertz CT molecular complexity index is 900. The number of amides is 1. The van der Waals surface area contributed by atoms with Crippen molar-refractivity contribution < 1.29 is 22.7 Å². The summed E-state index contributed by atoms with van der Waals surface area (Å²) in [6, 6.07) is 14.3. The van der Waals surface area contributed by atoms with E-state index in [1.54, 1.807) is 0 Å². The average Bonchev–Trinajstić information content (AvgIpc) is 2.67. The molecule has 0 aliphatic carbocycles. The van der Waals surface area contributed by atoms with Gasteiger partial charge in [-0.2, -0.15) is 16.5 Å². The molecule has 1 amide bonds. The highest BCUT2D eigenvalue weighted by Gasteiger charge is 2.26. The van der Waals surface area contributed by atoms with E-state index in [-0.39, 0.29) is 16.6 Å². The number of sulfonamides is 1. The van der Waals surface area contributed by atoms with Crippen molar-refractivity contribution in [2.45, 2.75) is 23.6 Å². The molecule has 0 aliphatic rings. The number of nitrogens with one attached hydrogen (secondary N) is 2. The van der Waals surface area contributed by atoms with Crippen molar-refractivity contribution in [3.63, 3.8) is 0 Å². The Labute approximate surface area is 168 Å². The summed E-state index contributed by atoms with van der Waals surface area (Å²) in [5.74, 6) is -0.0411. The summed E-state index contributed by atoms with van der Waals surface area (Å²) in [5, 5.41) is 2.56. The molecule has 0 saturated carbocycles. The van der Waals surface area contributed by atoms with Crippen molar-refractivity contribution in [2.75, 3.05) is 18.2 Å². The number of thioether (sulfide) groups is 1. The van der Waals surface area contributed by atoms with Gasteiger partial charge in [0.1, 0.15) is 6.04 Å². The Morgan fingerprint density at radius 3 is 2.29 bits per heavy atom. The Morgan fingerprint density at radius 1 is 1.07 bits per heavy atom. The number of rotatable bonds is 9. The number of ether oxygens (including phenoxy) is 1. The lowest BCUT2D eigenvalue weighted by Gasteiger charge is -2.16. The second-order valence-electron chi connectivity index (χ2n) is 5.90. The van der Waals surface area contributed by atoms with E-state index in [4.69, 9.17) is 4.74 Å². The Morgan fingerprint density at radius 2 is 1.71 bits per heavy atom. The van der Waals surface area contributed by atoms with Crippen LogP contribution in [-0.2, 0) is 30.1 Å². The SMILES string of the molecule is COC(=O)C(CSCc1ccccc1)NS(=O)(=O)c1ccc(NC(C)=O)cc1. The molecule has 0 saturated heterocycles. The Balaban J connectivity index is 2.05. The zero-order valence-corrected chi connectivity index (χ0v) is 17.2. The third-order valence-corrected chi connectivity index (χ3v) is 6.26. The molecule has 2 rings (SSSR count). The smallest absolute Gasteiger partial charge is 0.324 e. The second-order valence-corrected chi connectivity index (χ2v) is 8.65. The number of carbonyl (C=O) groups is 2. The maximum Gasteiger partial charge on any atom is 0.324 e. The fourth-order valence-corrected chi connectivity index (χ4v) is 4.63. The Hall–Kier alpha value is -2.36. The zero-order chi connectivity index (χ0) is 20.6. The van der Waals surface area contributed by atoms with E-state index in [1.165, 1.54) is 50.1 Å². The fourth-order valence-electron chi connectivity index (χ4n) is 2.34. The molecule has 0 heterocycles. The predicted octanol–water partition coefficient (Wildman–Crippen LogP) is 2.40. The Kier molecular flexibility index (Phi) is 8.04. The summed E-state index contributed by atoms with van der Waals surface area (Å²) in [6.45, 7) is 1.36. The van der Waals surface area contributed by atoms with Gasteiger partial charge >= 0.3 is 5.97 Å². The molecule has 0 radical (unpaired) electrons. The molecule has 0 spiro atoms. The number of hydrogen-bond acceptors (Lipinski definition) is 6. The normalized spacial score (nSPS) is 12.2. The van der Waals surface area contributed by atoms with Crippen LogP contribution in [0.4, 0.5) is 5.69 Å². The first-order valence-electron chi connectivity index (χ1n) is 8.41. The first-order chi connectivity index (χ1) is 13.3. The molecule has 9 heteroatoms. The van der Waals surface area contributed by atoms with Gasteiger partial charge in [0.2, 0.25) is 15.9 Å². The van der Waals surface area contributed by atoms with Crippen LogP contribution in [0, 0.1) is 0 Å². The predicted molar refractivity (Wildman–Crippen MR) is 109 cm³/mol. The minimum Gasteiger partial charge on any atom is -0.468 e. The van der Waals surface area contributed by atoms with Crippen molar-refractivity contribution in [1.29, 1.82) is 0 Å². The third-order valence-electron chi connectivity index (χ3n) is 3.66. The van der Waals surface area contributed by atoms with Gasteiger partial charge in [0.15, 0.2) is 0 Å². The lowest BCUT2D eigenvalue weighted by atomic mass is 10.2. The summed E-state index contributed by atoms with van der Waals surface area (Å²) >= 11 is 1.43. The monoisotopic (exact) mass is 422 g/mol. The summed E-state index contributed by atoms with van der Waals surface area (Å²) < 4.78 is 32.4. The van der Waals surface area contributed by atoms with E-state index in [0.29, 0.717) is 11.4 Å². The van der Waals surface area contributed by atoms with Gasteiger partial charge in [0, 0.05) is 24.1 Å². The molecule has 2 aromatic rings. The first-order valence-corrected chi connectivity index (χ1v) is 11.0. The van der Waals surface area contributed by atoms with Crippen molar-refractivity contribution in [1.82, 2.24) is 4.72 Å². The van der Waals surface area contributed by atoms with Crippen LogP contribution in [0.1, 0.15) is 12.5 Å². The van der Waals surface area contributed by atoms with Gasteiger partial charge in [-0.3, -0.25) is 9.59 Å². The molecular formula is C19H22N2O5S2. The second kappa shape index (κ2) is 10.3. The van der Waals surface area contributed by atoms with Crippen LogP contribution < -0.4 is 10.0 Å². The highest BCUT2D eigenvalue weighted by Crippen LogP contribution is 2.17. The largest absolute Gasteiger partial charge is 0.468 e. The number of hydrogen-bond donors (Lipinski definition) is 2. The molecule has 0 aromatic heterocycles. The molecule has 2 N–H and O–H groups in total. The lowest BCUT2D eigenvalue weighted by Crippen LogP contribution is -2.43. The molecule has 28 heavy (non-hydrogen) atoms. The van der Waals surface area contributed by atoms with Crippen LogP contribution in [0.25, 0.3) is 0 Å². The van der Waals surface area contributed by atoms with Gasteiger partial charge in [0.05, 0.1) is 12.0 Å². The zero-order valence-electron chi connectivity index (χ0n) is 15.5. The fraction of sp³-hybridized carbons (Fsp3) is 0.263. The van der Waals surface area contributed by atoms with E-state index in [9.17, 15) is 18.0 Å². The molecule has 1 unspecified atom stereocenters. The molecule has 1 atom stereocenters. The van der Waals surface area contributed by atoms with E-state index < -0.39 is 22.0 Å². The summed E-state index contributed by atoms with van der Waals surface area (Å²) in [6.07, 6.45) is 0.